The van der Waals surface area contributed by atoms with Crippen LogP contribution in [0.4, 0.5) is 0 Å². The number of nitrogens with zero attached hydrogens (tertiary/aromatic N) is 3. The monoisotopic (exact) mass is 390 g/mol. The van der Waals surface area contributed by atoms with Crippen LogP contribution in [-0.4, -0.2) is 32.3 Å². The molecule has 10 heteroatoms. The second kappa shape index (κ2) is 11.2. The van der Waals surface area contributed by atoms with Gasteiger partial charge in [0.15, 0.2) is 5.65 Å². The minimum atomic E-state index is -1.45. The van der Waals surface area contributed by atoms with Crippen molar-refractivity contribution in [1.29, 1.82) is 0 Å². The molecule has 0 bridgehead atoms. The Hall–Kier alpha value is -0.770. The summed E-state index contributed by atoms with van der Waals surface area (Å²) < 4.78 is 1.29. The summed E-state index contributed by atoms with van der Waals surface area (Å²) in [6.45, 7) is 0. The maximum atomic E-state index is 11.4. The molecule has 2 aromatic heterocycles. The third kappa shape index (κ3) is 5.15. The molecule has 1 aromatic carbocycles. The Labute approximate surface area is 198 Å². The topological polar surface area (TPSA) is 117 Å². The van der Waals surface area contributed by atoms with Gasteiger partial charge in [0, 0.05) is 5.69 Å². The smallest absolute Gasteiger partial charge is 0.870 e. The number of halogens is 1. The van der Waals surface area contributed by atoms with Crippen molar-refractivity contribution in [2.45, 2.75) is 12.3 Å². The van der Waals surface area contributed by atoms with Crippen LogP contribution in [0.25, 0.3) is 5.65 Å². The van der Waals surface area contributed by atoms with E-state index in [-0.39, 0.29) is 80.8 Å². The van der Waals surface area contributed by atoms with Crippen LogP contribution in [0.5, 0.6) is 0 Å². The van der Waals surface area contributed by atoms with E-state index in [0.29, 0.717) is 12.1 Å². The maximum Gasteiger partial charge on any atom is 1.00 e. The van der Waals surface area contributed by atoms with Crippen molar-refractivity contribution in [3.8, 4) is 0 Å². The fraction of sp³-hybridized carbons (Fsp3) is 0.125. The molecule has 1 atom stereocenters. The number of fused-ring (bicyclic) bond motifs is 1. The van der Waals surface area contributed by atoms with E-state index in [1.807, 2.05) is 36.6 Å². The first-order chi connectivity index (χ1) is 11.1. The van der Waals surface area contributed by atoms with E-state index in [0.717, 1.165) is 5.56 Å². The van der Waals surface area contributed by atoms with Crippen molar-refractivity contribution in [3.63, 3.8) is 0 Å². The van der Waals surface area contributed by atoms with Crippen molar-refractivity contribution < 1.29 is 79.3 Å². The molecule has 3 aromatic rings. The summed E-state index contributed by atoms with van der Waals surface area (Å²) in [6.07, 6.45) is 3.55. The Morgan fingerprint density at radius 2 is 1.92 bits per heavy atom. The normalized spacial score (nSPS) is 10.8. The van der Waals surface area contributed by atoms with Gasteiger partial charge in [-0.1, -0.05) is 47.9 Å². The molecule has 7 nitrogen and oxygen atoms in total. The van der Waals surface area contributed by atoms with E-state index in [4.69, 9.17) is 11.6 Å². The summed E-state index contributed by atoms with van der Waals surface area (Å²) in [4.78, 5) is 26.6. The number of benzene rings is 1. The van der Waals surface area contributed by atoms with E-state index in [1.165, 1.54) is 16.9 Å². The number of aromatic nitrogens is 3. The zero-order valence-electron chi connectivity index (χ0n) is 14.2. The van der Waals surface area contributed by atoms with Crippen LogP contribution in [0.15, 0.2) is 42.7 Å². The minimum Gasteiger partial charge on any atom is -0.870 e. The van der Waals surface area contributed by atoms with Crippen LogP contribution >= 0.6 is 11.6 Å². The number of hydrogen-bond donors (Lipinski definition) is 0. The minimum absolute atomic E-state index is 0. The molecule has 26 heavy (non-hydrogen) atoms. The van der Waals surface area contributed by atoms with Crippen LogP contribution in [0.1, 0.15) is 27.5 Å². The number of carboxylic acid groups (broad SMARTS) is 1. The van der Waals surface area contributed by atoms with Gasteiger partial charge >= 0.3 is 59.1 Å². The van der Waals surface area contributed by atoms with Gasteiger partial charge in [0.25, 0.3) is 0 Å². The Morgan fingerprint density at radius 1 is 1.27 bits per heavy atom. The molecular weight excluding hydrogens is 380 g/mol. The van der Waals surface area contributed by atoms with Gasteiger partial charge in [-0.3, -0.25) is 6.29 Å². The summed E-state index contributed by atoms with van der Waals surface area (Å²) in [7, 11) is 0. The number of pyridine rings is 1. The van der Waals surface area contributed by atoms with Crippen LogP contribution in [0.2, 0.25) is 5.02 Å². The van der Waals surface area contributed by atoms with E-state index >= 15 is 0 Å². The van der Waals surface area contributed by atoms with Crippen LogP contribution in [-0.2, 0) is 11.2 Å². The second-order valence-electron chi connectivity index (χ2n) is 4.94. The van der Waals surface area contributed by atoms with Gasteiger partial charge in [-0.2, -0.15) is 5.10 Å². The molecule has 0 aliphatic carbocycles. The van der Waals surface area contributed by atoms with Crippen molar-refractivity contribution in [1.82, 2.24) is 14.6 Å². The summed E-state index contributed by atoms with van der Waals surface area (Å²) in [5, 5.41) is 15.2. The predicted octanol–water partition coefficient (Wildman–Crippen LogP) is -4.99. The predicted molar refractivity (Wildman–Crippen MR) is 82.8 cm³/mol. The van der Waals surface area contributed by atoms with Crippen LogP contribution < -0.4 is 64.2 Å². The Bertz CT molecular complexity index is 890. The third-order valence-corrected chi connectivity index (χ3v) is 3.81. The maximum absolute atomic E-state index is 11.4. The molecule has 0 aliphatic rings. The van der Waals surface area contributed by atoms with Gasteiger partial charge in [0.1, 0.15) is 6.33 Å². The van der Waals surface area contributed by atoms with E-state index < -0.39 is 11.9 Å². The number of carboxylic acids is 1. The summed E-state index contributed by atoms with van der Waals surface area (Å²) in [5.41, 5.74) is 1.15. The number of aromatic carboxylic acids is 1. The van der Waals surface area contributed by atoms with Crippen molar-refractivity contribution >= 4 is 29.5 Å². The molecule has 124 valence electrons. The third-order valence-electron chi connectivity index (χ3n) is 3.52. The van der Waals surface area contributed by atoms with Gasteiger partial charge in [-0.05, 0) is 18.1 Å². The number of rotatable bonds is 5. The Morgan fingerprint density at radius 3 is 2.50 bits per heavy atom. The van der Waals surface area contributed by atoms with Gasteiger partial charge in [-0.25, -0.2) is 9.50 Å². The molecule has 0 saturated heterocycles. The molecule has 0 fully saturated rings. The average Bonchev–Trinajstić information content (AvgIpc) is 3.01. The van der Waals surface area contributed by atoms with Crippen LogP contribution in [0, 0.1) is 0 Å². The number of carbonyl (C=O) groups excluding carboxylic acids is 2. The standard InChI is InChI=1S/C16H11ClN3O3.2Na.H2O/c17-12-7-13(11(8-21)6-10-4-2-1-3-5-10)20-15(18-9-19-20)14(12)16(22)23;;;/h1-5,7,9,11H,6H2,(H,22,23);;;1H2/q-1;2*+1;/p-2. The van der Waals surface area contributed by atoms with Crippen molar-refractivity contribution in [2.75, 3.05) is 0 Å². The average molecular weight is 391 g/mol. The molecular formula is C16H11ClN3Na2O4-. The first kappa shape index (κ1) is 25.2. The molecule has 1 unspecified atom stereocenters. The molecule has 0 spiro atoms. The summed E-state index contributed by atoms with van der Waals surface area (Å²) >= 11 is 6.03. The largest absolute Gasteiger partial charge is 1.00 e. The van der Waals surface area contributed by atoms with Gasteiger partial charge < -0.3 is 20.2 Å². The fourth-order valence-electron chi connectivity index (χ4n) is 2.46. The quantitative estimate of drug-likeness (QED) is 0.318. The number of hydrogen-bond acceptors (Lipinski definition) is 6. The first-order valence-corrected chi connectivity index (χ1v) is 7.14. The van der Waals surface area contributed by atoms with E-state index in [2.05, 4.69) is 10.1 Å². The summed E-state index contributed by atoms with van der Waals surface area (Å²) in [6, 6.07) is 10.8. The SMILES string of the molecule is O=[C-]C(Cc1ccccc1)c1cc(Cl)c(C(=O)[O-])c2ncnn12.[Na+].[Na+].[OH-]. The molecule has 0 radical (unpaired) electrons. The molecule has 2 heterocycles. The Kier molecular flexibility index (Phi) is 10.8. The van der Waals surface area contributed by atoms with Gasteiger partial charge in [0.05, 0.1) is 16.6 Å². The van der Waals surface area contributed by atoms with Gasteiger partial charge in [-0.15, -0.1) is 0 Å². The zero-order chi connectivity index (χ0) is 16.4. The molecule has 0 saturated carbocycles. The second-order valence-corrected chi connectivity index (χ2v) is 5.34. The molecule has 1 N–H and O–H groups in total. The Balaban J connectivity index is 0.00000208. The summed E-state index contributed by atoms with van der Waals surface area (Å²) in [5.74, 6) is -2.11. The van der Waals surface area contributed by atoms with Crippen molar-refractivity contribution in [2.24, 2.45) is 0 Å². The number of carbonyl (C=O) groups is 1. The van der Waals surface area contributed by atoms with E-state index in [1.54, 1.807) is 0 Å². The van der Waals surface area contributed by atoms with E-state index in [9.17, 15) is 14.7 Å². The fourth-order valence-corrected chi connectivity index (χ4v) is 2.74. The first-order valence-electron chi connectivity index (χ1n) is 6.77. The van der Waals surface area contributed by atoms with Gasteiger partial charge in [0.2, 0.25) is 0 Å². The molecule has 0 amide bonds. The molecule has 3 rings (SSSR count). The zero-order valence-corrected chi connectivity index (χ0v) is 19.0. The molecule has 0 aliphatic heterocycles. The van der Waals surface area contributed by atoms with Crippen molar-refractivity contribution in [3.05, 3.63) is 64.6 Å². The van der Waals surface area contributed by atoms with Crippen LogP contribution in [0.3, 0.4) is 0 Å².